The smallest absolute Gasteiger partial charge is 0.268 e. The molecule has 0 saturated heterocycles. The summed E-state index contributed by atoms with van der Waals surface area (Å²) in [6, 6.07) is 4.98. The third-order valence-electron chi connectivity index (χ3n) is 1.98. The number of fused-ring (bicyclic) bond motifs is 1. The number of benzene rings is 1. The predicted octanol–water partition coefficient (Wildman–Crippen LogP) is 0.669. The predicted molar refractivity (Wildman–Crippen MR) is 50.5 cm³/mol. The van der Waals surface area contributed by atoms with E-state index in [1.54, 1.807) is 24.4 Å². The Balaban J connectivity index is 2.40. The van der Waals surface area contributed by atoms with Crippen LogP contribution in [0.4, 0.5) is 0 Å². The molecule has 0 aromatic heterocycles. The molecule has 0 radical (unpaired) electrons. The fourth-order valence-corrected chi connectivity index (χ4v) is 1.37. The normalized spacial score (nSPS) is 12.7. The van der Waals surface area contributed by atoms with Gasteiger partial charge in [0.2, 0.25) is 0 Å². The molecule has 0 bridgehead atoms. The molecule has 0 spiro atoms. The molecular weight excluding hydrogens is 196 g/mol. The van der Waals surface area contributed by atoms with Crippen molar-refractivity contribution in [3.8, 4) is 17.7 Å². The average Bonchev–Trinajstić information content (AvgIpc) is 2.28. The van der Waals surface area contributed by atoms with Gasteiger partial charge < -0.3 is 9.47 Å². The summed E-state index contributed by atoms with van der Waals surface area (Å²) in [5, 5.41) is 10.4. The molecule has 0 fully saturated rings. The lowest BCUT2D eigenvalue weighted by molar-refractivity contribution is 0.0961. The van der Waals surface area contributed by atoms with Crippen LogP contribution < -0.4 is 14.8 Å². The number of para-hydroxylation sites is 1. The molecule has 1 aromatic carbocycles. The fourth-order valence-electron chi connectivity index (χ4n) is 1.37. The first-order valence-corrected chi connectivity index (χ1v) is 4.41. The Morgan fingerprint density at radius 1 is 1.40 bits per heavy atom. The van der Waals surface area contributed by atoms with Crippen molar-refractivity contribution >= 4 is 5.91 Å². The Labute approximate surface area is 86.2 Å². The van der Waals surface area contributed by atoms with Crippen LogP contribution in [0, 0.1) is 11.5 Å². The SMILES string of the molecule is N#CNC(=O)c1cccc2c1OCCO2. The van der Waals surface area contributed by atoms with Crippen molar-refractivity contribution in [2.24, 2.45) is 0 Å². The summed E-state index contributed by atoms with van der Waals surface area (Å²) in [6.45, 7) is 0.875. The summed E-state index contributed by atoms with van der Waals surface area (Å²) < 4.78 is 10.6. The van der Waals surface area contributed by atoms with Crippen LogP contribution in [0.5, 0.6) is 11.5 Å². The highest BCUT2D eigenvalue weighted by atomic mass is 16.6. The summed E-state index contributed by atoms with van der Waals surface area (Å²) >= 11 is 0. The molecule has 76 valence electrons. The Hall–Kier alpha value is -2.22. The van der Waals surface area contributed by atoms with Gasteiger partial charge in [0.25, 0.3) is 5.91 Å². The number of amides is 1. The molecule has 1 aromatic rings. The number of nitrogens with one attached hydrogen (secondary N) is 1. The number of rotatable bonds is 1. The van der Waals surface area contributed by atoms with Crippen LogP contribution in [-0.4, -0.2) is 19.1 Å². The minimum Gasteiger partial charge on any atom is -0.486 e. The lowest BCUT2D eigenvalue weighted by Crippen LogP contribution is -2.22. The van der Waals surface area contributed by atoms with Crippen molar-refractivity contribution in [2.45, 2.75) is 0 Å². The molecular formula is C10H8N2O3. The zero-order chi connectivity index (χ0) is 10.7. The molecule has 1 aliphatic heterocycles. The van der Waals surface area contributed by atoms with Gasteiger partial charge in [-0.15, -0.1) is 0 Å². The van der Waals surface area contributed by atoms with Crippen LogP contribution in [0.2, 0.25) is 0 Å². The summed E-state index contributed by atoms with van der Waals surface area (Å²) in [5.41, 5.74) is 0.314. The molecule has 0 atom stereocenters. The van der Waals surface area contributed by atoms with Gasteiger partial charge in [0.15, 0.2) is 17.7 Å². The van der Waals surface area contributed by atoms with E-state index in [4.69, 9.17) is 14.7 Å². The highest BCUT2D eigenvalue weighted by Gasteiger charge is 2.19. The van der Waals surface area contributed by atoms with Gasteiger partial charge >= 0.3 is 0 Å². The Kier molecular flexibility index (Phi) is 2.42. The first-order chi connectivity index (χ1) is 7.33. The molecule has 1 aliphatic rings. The molecule has 2 rings (SSSR count). The summed E-state index contributed by atoms with van der Waals surface area (Å²) in [7, 11) is 0. The maximum atomic E-state index is 11.4. The first kappa shape index (κ1) is 9.34. The molecule has 1 N–H and O–H groups in total. The van der Waals surface area contributed by atoms with Crippen LogP contribution in [0.3, 0.4) is 0 Å². The van der Waals surface area contributed by atoms with Crippen molar-refractivity contribution in [3.63, 3.8) is 0 Å². The molecule has 0 unspecified atom stereocenters. The van der Waals surface area contributed by atoms with Crippen molar-refractivity contribution in [3.05, 3.63) is 23.8 Å². The third kappa shape index (κ3) is 1.70. The molecule has 5 heteroatoms. The van der Waals surface area contributed by atoms with Gasteiger partial charge in [-0.2, -0.15) is 5.26 Å². The zero-order valence-corrected chi connectivity index (χ0v) is 7.82. The van der Waals surface area contributed by atoms with E-state index in [0.29, 0.717) is 30.3 Å². The first-order valence-electron chi connectivity index (χ1n) is 4.41. The van der Waals surface area contributed by atoms with E-state index in [1.807, 2.05) is 5.32 Å². The molecule has 1 amide bonds. The van der Waals surface area contributed by atoms with Gasteiger partial charge in [-0.05, 0) is 12.1 Å². The second-order valence-corrected chi connectivity index (χ2v) is 2.90. The Bertz CT molecular complexity index is 437. The van der Waals surface area contributed by atoms with E-state index < -0.39 is 5.91 Å². The summed E-state index contributed by atoms with van der Waals surface area (Å²) in [6.07, 6.45) is 1.58. The van der Waals surface area contributed by atoms with Gasteiger partial charge in [0.05, 0.1) is 5.56 Å². The highest BCUT2D eigenvalue weighted by molar-refractivity contribution is 5.98. The second kappa shape index (κ2) is 3.88. The van der Waals surface area contributed by atoms with Gasteiger partial charge in [-0.25, -0.2) is 0 Å². The van der Waals surface area contributed by atoms with Gasteiger partial charge in [0, 0.05) is 0 Å². The number of hydrogen-bond donors (Lipinski definition) is 1. The van der Waals surface area contributed by atoms with E-state index in [0.717, 1.165) is 0 Å². The van der Waals surface area contributed by atoms with Gasteiger partial charge in [-0.1, -0.05) is 6.07 Å². The quantitative estimate of drug-likeness (QED) is 0.539. The van der Waals surface area contributed by atoms with Crippen molar-refractivity contribution in [1.82, 2.24) is 5.32 Å². The topological polar surface area (TPSA) is 71.4 Å². The standard InChI is InChI=1S/C10H8N2O3/c11-6-12-10(13)7-2-1-3-8-9(7)15-5-4-14-8/h1-3H,4-5H2,(H,12,13). The summed E-state index contributed by atoms with van der Waals surface area (Å²) in [5.74, 6) is 0.447. The maximum absolute atomic E-state index is 11.4. The number of hydrogen-bond acceptors (Lipinski definition) is 4. The largest absolute Gasteiger partial charge is 0.486 e. The minimum atomic E-state index is -0.486. The number of carbonyl (C=O) groups excluding carboxylic acids is 1. The minimum absolute atomic E-state index is 0.314. The van der Waals surface area contributed by atoms with E-state index >= 15 is 0 Å². The van der Waals surface area contributed by atoms with Crippen LogP contribution in [-0.2, 0) is 0 Å². The lowest BCUT2D eigenvalue weighted by atomic mass is 10.1. The highest BCUT2D eigenvalue weighted by Crippen LogP contribution is 2.33. The molecule has 15 heavy (non-hydrogen) atoms. The Morgan fingerprint density at radius 2 is 2.20 bits per heavy atom. The van der Waals surface area contributed by atoms with Crippen LogP contribution >= 0.6 is 0 Å². The molecule has 1 heterocycles. The number of nitrogens with zero attached hydrogens (tertiary/aromatic N) is 1. The average molecular weight is 204 g/mol. The molecule has 0 saturated carbocycles. The monoisotopic (exact) mass is 204 g/mol. The van der Waals surface area contributed by atoms with Gasteiger partial charge in [-0.3, -0.25) is 10.1 Å². The number of carbonyl (C=O) groups is 1. The van der Waals surface area contributed by atoms with E-state index in [2.05, 4.69) is 0 Å². The van der Waals surface area contributed by atoms with Crippen LogP contribution in [0.15, 0.2) is 18.2 Å². The van der Waals surface area contributed by atoms with Crippen molar-refractivity contribution < 1.29 is 14.3 Å². The third-order valence-corrected chi connectivity index (χ3v) is 1.98. The fraction of sp³-hybridized carbons (Fsp3) is 0.200. The van der Waals surface area contributed by atoms with E-state index in [-0.39, 0.29) is 0 Å². The number of nitriles is 1. The summed E-state index contributed by atoms with van der Waals surface area (Å²) in [4.78, 5) is 11.4. The zero-order valence-electron chi connectivity index (χ0n) is 7.82. The Morgan fingerprint density at radius 3 is 3.00 bits per heavy atom. The van der Waals surface area contributed by atoms with Gasteiger partial charge in [0.1, 0.15) is 13.2 Å². The van der Waals surface area contributed by atoms with E-state index in [9.17, 15) is 4.79 Å². The second-order valence-electron chi connectivity index (χ2n) is 2.90. The van der Waals surface area contributed by atoms with Crippen molar-refractivity contribution in [2.75, 3.05) is 13.2 Å². The maximum Gasteiger partial charge on any atom is 0.268 e. The number of ether oxygens (including phenoxy) is 2. The van der Waals surface area contributed by atoms with Crippen LogP contribution in [0.25, 0.3) is 0 Å². The van der Waals surface area contributed by atoms with Crippen LogP contribution in [0.1, 0.15) is 10.4 Å². The molecule has 0 aliphatic carbocycles. The van der Waals surface area contributed by atoms with E-state index in [1.165, 1.54) is 0 Å². The molecule has 5 nitrogen and oxygen atoms in total. The van der Waals surface area contributed by atoms with Crippen molar-refractivity contribution in [1.29, 1.82) is 5.26 Å². The lowest BCUT2D eigenvalue weighted by Gasteiger charge is -2.19.